The molecule has 102 valence electrons. The molecule has 5 heteroatoms. The summed E-state index contributed by atoms with van der Waals surface area (Å²) >= 11 is 6.18. The summed E-state index contributed by atoms with van der Waals surface area (Å²) in [5.41, 5.74) is 3.68. The van der Waals surface area contributed by atoms with Crippen LogP contribution in [0.1, 0.15) is 17.1 Å². The highest BCUT2D eigenvalue weighted by Gasteiger charge is 2.19. The third-order valence-corrected chi connectivity index (χ3v) is 3.71. The second-order valence-electron chi connectivity index (χ2n) is 4.75. The van der Waals surface area contributed by atoms with E-state index in [0.29, 0.717) is 11.6 Å². The smallest absolute Gasteiger partial charge is 0.134 e. The normalized spacial score (nSPS) is 13.1. The van der Waals surface area contributed by atoms with Gasteiger partial charge in [0.1, 0.15) is 5.82 Å². The van der Waals surface area contributed by atoms with E-state index in [0.717, 1.165) is 28.5 Å². The van der Waals surface area contributed by atoms with Gasteiger partial charge in [0.15, 0.2) is 0 Å². The van der Waals surface area contributed by atoms with Crippen molar-refractivity contribution < 1.29 is 0 Å². The molecule has 0 N–H and O–H groups in total. The van der Waals surface area contributed by atoms with Crippen LogP contribution in [-0.4, -0.2) is 20.2 Å². The van der Waals surface area contributed by atoms with Gasteiger partial charge < -0.3 is 4.57 Å². The Morgan fingerprint density at radius 3 is 2.86 bits per heavy atom. The molecule has 1 aromatic carbocycles. The molecule has 0 saturated heterocycles. The number of nitrogens with zero attached hydrogens (tertiary/aromatic N) is 4. The summed E-state index contributed by atoms with van der Waals surface area (Å²) in [5.74, 6) is 0.907. The molecule has 1 aliphatic heterocycles. The van der Waals surface area contributed by atoms with Crippen LogP contribution in [0.25, 0.3) is 5.69 Å². The fourth-order valence-electron chi connectivity index (χ4n) is 2.54. The molecule has 1 aliphatic rings. The largest absolute Gasteiger partial charge is 0.302 e. The van der Waals surface area contributed by atoms with Crippen molar-refractivity contribution in [2.45, 2.75) is 6.54 Å². The number of imidazole rings is 1. The topological polar surface area (TPSA) is 43.1 Å². The van der Waals surface area contributed by atoms with Gasteiger partial charge in [0.2, 0.25) is 0 Å². The average Bonchev–Trinajstić information content (AvgIpc) is 2.92. The van der Waals surface area contributed by atoms with E-state index in [1.807, 2.05) is 47.2 Å². The third-order valence-electron chi connectivity index (χ3n) is 3.48. The molecule has 21 heavy (non-hydrogen) atoms. The Balaban J connectivity index is 2.00. The Morgan fingerprint density at radius 1 is 1.05 bits per heavy atom. The van der Waals surface area contributed by atoms with E-state index in [4.69, 9.17) is 16.6 Å². The first-order valence-electron chi connectivity index (χ1n) is 6.61. The molecule has 0 amide bonds. The lowest BCUT2D eigenvalue weighted by Gasteiger charge is -2.11. The fourth-order valence-corrected chi connectivity index (χ4v) is 2.71. The third kappa shape index (κ3) is 2.04. The Bertz CT molecular complexity index is 836. The van der Waals surface area contributed by atoms with E-state index in [9.17, 15) is 0 Å². The highest BCUT2D eigenvalue weighted by Crippen LogP contribution is 2.26. The number of fused-ring (bicyclic) bond motifs is 3. The van der Waals surface area contributed by atoms with E-state index in [-0.39, 0.29) is 0 Å². The number of aromatic nitrogens is 3. The Hall–Kier alpha value is -2.46. The number of benzene rings is 1. The van der Waals surface area contributed by atoms with Crippen molar-refractivity contribution in [1.29, 1.82) is 0 Å². The van der Waals surface area contributed by atoms with Crippen LogP contribution in [0, 0.1) is 0 Å². The van der Waals surface area contributed by atoms with Crippen molar-refractivity contribution in [3.63, 3.8) is 0 Å². The SMILES string of the molecule is Clc1ccc2c(c1)C(c1ccccn1)=NCc1nccn1-2. The summed E-state index contributed by atoms with van der Waals surface area (Å²) in [4.78, 5) is 13.5. The molecular formula is C16H11ClN4. The number of halogens is 1. The molecule has 3 aromatic rings. The minimum atomic E-state index is 0.519. The minimum Gasteiger partial charge on any atom is -0.302 e. The van der Waals surface area contributed by atoms with Gasteiger partial charge in [-0.15, -0.1) is 0 Å². The van der Waals surface area contributed by atoms with Gasteiger partial charge in [-0.2, -0.15) is 0 Å². The van der Waals surface area contributed by atoms with Crippen LogP contribution in [0.5, 0.6) is 0 Å². The number of hydrogen-bond donors (Lipinski definition) is 0. The van der Waals surface area contributed by atoms with Crippen LogP contribution >= 0.6 is 11.6 Å². The van der Waals surface area contributed by atoms with Crippen molar-refractivity contribution >= 4 is 17.3 Å². The van der Waals surface area contributed by atoms with Gasteiger partial charge in [-0.05, 0) is 30.3 Å². The fraction of sp³-hybridized carbons (Fsp3) is 0.0625. The van der Waals surface area contributed by atoms with Crippen molar-refractivity contribution in [3.8, 4) is 5.69 Å². The number of pyridine rings is 1. The quantitative estimate of drug-likeness (QED) is 0.691. The van der Waals surface area contributed by atoms with Crippen molar-refractivity contribution in [2.24, 2.45) is 4.99 Å². The van der Waals surface area contributed by atoms with Crippen molar-refractivity contribution in [1.82, 2.24) is 14.5 Å². The average molecular weight is 295 g/mol. The number of hydrogen-bond acceptors (Lipinski definition) is 3. The van der Waals surface area contributed by atoms with Crippen LogP contribution < -0.4 is 0 Å². The maximum atomic E-state index is 6.18. The summed E-state index contributed by atoms with van der Waals surface area (Å²) in [6.45, 7) is 0.519. The van der Waals surface area contributed by atoms with Crippen LogP contribution in [0.2, 0.25) is 5.02 Å². The van der Waals surface area contributed by atoms with E-state index in [2.05, 4.69) is 9.97 Å². The maximum Gasteiger partial charge on any atom is 0.134 e. The first kappa shape index (κ1) is 12.3. The summed E-state index contributed by atoms with van der Waals surface area (Å²) in [6.07, 6.45) is 5.50. The molecule has 0 spiro atoms. The van der Waals surface area contributed by atoms with Gasteiger partial charge in [-0.25, -0.2) is 4.98 Å². The molecule has 4 nitrogen and oxygen atoms in total. The zero-order chi connectivity index (χ0) is 14.2. The molecule has 4 rings (SSSR count). The highest BCUT2D eigenvalue weighted by molar-refractivity contribution is 6.31. The second-order valence-corrected chi connectivity index (χ2v) is 5.19. The first-order chi connectivity index (χ1) is 10.3. The number of rotatable bonds is 1. The van der Waals surface area contributed by atoms with Gasteiger partial charge in [0.25, 0.3) is 0 Å². The van der Waals surface area contributed by atoms with E-state index >= 15 is 0 Å². The summed E-state index contributed by atoms with van der Waals surface area (Å²) in [6, 6.07) is 11.6. The van der Waals surface area contributed by atoms with E-state index < -0.39 is 0 Å². The molecular weight excluding hydrogens is 284 g/mol. The molecule has 0 aliphatic carbocycles. The van der Waals surface area contributed by atoms with Crippen molar-refractivity contribution in [3.05, 3.63) is 77.1 Å². The van der Waals surface area contributed by atoms with Gasteiger partial charge in [-0.3, -0.25) is 9.98 Å². The molecule has 0 radical (unpaired) electrons. The summed E-state index contributed by atoms with van der Waals surface area (Å²) < 4.78 is 2.05. The van der Waals surface area contributed by atoms with Gasteiger partial charge in [0.05, 0.1) is 23.6 Å². The Kier molecular flexibility index (Phi) is 2.82. The van der Waals surface area contributed by atoms with Gasteiger partial charge in [0, 0.05) is 29.2 Å². The molecule has 0 bridgehead atoms. The predicted octanol–water partition coefficient (Wildman–Crippen LogP) is 3.27. The molecule has 0 unspecified atom stereocenters. The monoisotopic (exact) mass is 294 g/mol. The summed E-state index contributed by atoms with van der Waals surface area (Å²) in [7, 11) is 0. The van der Waals surface area contributed by atoms with E-state index in [1.54, 1.807) is 12.4 Å². The first-order valence-corrected chi connectivity index (χ1v) is 6.99. The van der Waals surface area contributed by atoms with Crippen LogP contribution in [0.4, 0.5) is 0 Å². The summed E-state index contributed by atoms with van der Waals surface area (Å²) in [5, 5.41) is 0.681. The minimum absolute atomic E-state index is 0.519. The lowest BCUT2D eigenvalue weighted by Crippen LogP contribution is -2.08. The highest BCUT2D eigenvalue weighted by atomic mass is 35.5. The van der Waals surface area contributed by atoms with Gasteiger partial charge in [-0.1, -0.05) is 17.7 Å². The van der Waals surface area contributed by atoms with Crippen LogP contribution in [0.15, 0.2) is 60.0 Å². The Labute approximate surface area is 126 Å². The van der Waals surface area contributed by atoms with Gasteiger partial charge >= 0.3 is 0 Å². The zero-order valence-electron chi connectivity index (χ0n) is 11.1. The molecule has 0 fully saturated rings. The van der Waals surface area contributed by atoms with Crippen LogP contribution in [0.3, 0.4) is 0 Å². The van der Waals surface area contributed by atoms with E-state index in [1.165, 1.54) is 0 Å². The standard InChI is InChI=1S/C16H11ClN4/c17-11-4-5-14-12(9-11)16(13-3-1-2-6-18-13)20-10-15-19-7-8-21(14)15/h1-9H,10H2. The molecule has 3 heterocycles. The molecule has 0 atom stereocenters. The zero-order valence-corrected chi connectivity index (χ0v) is 11.8. The Morgan fingerprint density at radius 2 is 2.00 bits per heavy atom. The maximum absolute atomic E-state index is 6.18. The molecule has 2 aromatic heterocycles. The predicted molar refractivity (Wildman–Crippen MR) is 82.2 cm³/mol. The second kappa shape index (κ2) is 4.82. The van der Waals surface area contributed by atoms with Crippen LogP contribution in [-0.2, 0) is 6.54 Å². The lowest BCUT2D eigenvalue weighted by molar-refractivity contribution is 0.879. The lowest BCUT2D eigenvalue weighted by atomic mass is 10.0. The number of aliphatic imine (C=N–C) groups is 1. The van der Waals surface area contributed by atoms with Crippen molar-refractivity contribution in [2.75, 3.05) is 0 Å². The molecule has 0 saturated carbocycles.